The van der Waals surface area contributed by atoms with Crippen LogP contribution >= 0.6 is 0 Å². The molecule has 1 aliphatic carbocycles. The van der Waals surface area contributed by atoms with Gasteiger partial charge in [0.2, 0.25) is 0 Å². The predicted molar refractivity (Wildman–Crippen MR) is 80.3 cm³/mol. The second-order valence-corrected chi connectivity index (χ2v) is 5.73. The maximum absolute atomic E-state index is 6.18. The van der Waals surface area contributed by atoms with Crippen molar-refractivity contribution in [3.05, 3.63) is 35.4 Å². The van der Waals surface area contributed by atoms with Gasteiger partial charge in [0.05, 0.1) is 12.7 Å². The zero-order valence-corrected chi connectivity index (χ0v) is 12.3. The molecule has 2 atom stereocenters. The van der Waals surface area contributed by atoms with Gasteiger partial charge in [-0.05, 0) is 49.9 Å². The van der Waals surface area contributed by atoms with Crippen molar-refractivity contribution in [1.82, 2.24) is 5.32 Å². The van der Waals surface area contributed by atoms with Gasteiger partial charge in [0.25, 0.3) is 0 Å². The Labute approximate surface area is 117 Å². The molecule has 0 aromatic heterocycles. The highest BCUT2D eigenvalue weighted by Gasteiger charge is 2.21. The molecule has 0 spiro atoms. The fraction of sp³-hybridized carbons (Fsp3) is 0.647. The highest BCUT2D eigenvalue weighted by Crippen LogP contribution is 2.27. The normalized spacial score (nSPS) is 23.5. The Morgan fingerprint density at radius 3 is 2.63 bits per heavy atom. The molecule has 0 saturated heterocycles. The van der Waals surface area contributed by atoms with Crippen LogP contribution in [0.1, 0.15) is 43.7 Å². The van der Waals surface area contributed by atoms with Crippen molar-refractivity contribution in [2.45, 2.75) is 51.7 Å². The molecule has 106 valence electrons. The number of hydrogen-bond donors (Lipinski definition) is 1. The lowest BCUT2D eigenvalue weighted by Gasteiger charge is -2.29. The molecule has 1 saturated carbocycles. The number of rotatable bonds is 6. The first kappa shape index (κ1) is 14.5. The van der Waals surface area contributed by atoms with Crippen molar-refractivity contribution in [2.24, 2.45) is 5.92 Å². The summed E-state index contributed by atoms with van der Waals surface area (Å²) in [5, 5.41) is 3.22. The molecule has 0 heterocycles. The molecular formula is C17H27NO. The minimum Gasteiger partial charge on any atom is -0.373 e. The first-order valence-electron chi connectivity index (χ1n) is 7.64. The highest BCUT2D eigenvalue weighted by atomic mass is 16.5. The molecule has 2 unspecified atom stereocenters. The Bertz CT molecular complexity index is 377. The van der Waals surface area contributed by atoms with Gasteiger partial charge in [-0.1, -0.05) is 44.0 Å². The molecule has 1 aromatic carbocycles. The topological polar surface area (TPSA) is 21.3 Å². The Morgan fingerprint density at radius 1 is 1.16 bits per heavy atom. The van der Waals surface area contributed by atoms with Crippen LogP contribution in [-0.4, -0.2) is 19.7 Å². The molecule has 0 aliphatic heterocycles. The maximum Gasteiger partial charge on any atom is 0.0723 e. The second kappa shape index (κ2) is 7.66. The summed E-state index contributed by atoms with van der Waals surface area (Å²) in [6.45, 7) is 4.13. The lowest BCUT2D eigenvalue weighted by atomic mass is 9.88. The average Bonchev–Trinajstić information content (AvgIpc) is 2.45. The minimum absolute atomic E-state index is 0.464. The zero-order chi connectivity index (χ0) is 13.5. The van der Waals surface area contributed by atoms with Crippen LogP contribution < -0.4 is 5.32 Å². The molecule has 2 rings (SSSR count). The summed E-state index contributed by atoms with van der Waals surface area (Å²) in [7, 11) is 2.00. The van der Waals surface area contributed by atoms with Crippen LogP contribution in [0.5, 0.6) is 0 Å². The fourth-order valence-corrected chi connectivity index (χ4v) is 2.93. The van der Waals surface area contributed by atoms with E-state index in [0.29, 0.717) is 6.10 Å². The van der Waals surface area contributed by atoms with Crippen LogP contribution in [0.4, 0.5) is 0 Å². The summed E-state index contributed by atoms with van der Waals surface area (Å²) in [6, 6.07) is 8.67. The van der Waals surface area contributed by atoms with Crippen molar-refractivity contribution in [2.75, 3.05) is 13.6 Å². The van der Waals surface area contributed by atoms with Crippen LogP contribution in [0.15, 0.2) is 24.3 Å². The summed E-state index contributed by atoms with van der Waals surface area (Å²) in [5.74, 6) is 0.721. The van der Waals surface area contributed by atoms with Crippen molar-refractivity contribution in [1.29, 1.82) is 0 Å². The number of likely N-dealkylation sites (N-methyl/N-ethyl adjacent to an activating group) is 1. The maximum atomic E-state index is 6.18. The van der Waals surface area contributed by atoms with Crippen molar-refractivity contribution < 1.29 is 4.74 Å². The SMILES string of the molecule is CNCCc1ccccc1COC1CCCCC1C. The molecule has 0 bridgehead atoms. The van der Waals surface area contributed by atoms with Gasteiger partial charge < -0.3 is 10.1 Å². The predicted octanol–water partition coefficient (Wildman–Crippen LogP) is 3.54. The van der Waals surface area contributed by atoms with Crippen molar-refractivity contribution >= 4 is 0 Å². The van der Waals surface area contributed by atoms with E-state index >= 15 is 0 Å². The lowest BCUT2D eigenvalue weighted by Crippen LogP contribution is -2.25. The van der Waals surface area contributed by atoms with E-state index in [-0.39, 0.29) is 0 Å². The monoisotopic (exact) mass is 261 g/mol. The summed E-state index contributed by atoms with van der Waals surface area (Å²) >= 11 is 0. The summed E-state index contributed by atoms with van der Waals surface area (Å²) < 4.78 is 6.18. The van der Waals surface area contributed by atoms with Gasteiger partial charge in [-0.15, -0.1) is 0 Å². The number of ether oxygens (including phenoxy) is 1. The van der Waals surface area contributed by atoms with E-state index in [1.165, 1.54) is 36.8 Å². The second-order valence-electron chi connectivity index (χ2n) is 5.73. The van der Waals surface area contributed by atoms with E-state index < -0.39 is 0 Å². The van der Waals surface area contributed by atoms with E-state index in [4.69, 9.17) is 4.74 Å². The average molecular weight is 261 g/mol. The Balaban J connectivity index is 1.91. The number of benzene rings is 1. The Kier molecular flexibility index (Phi) is 5.87. The Hall–Kier alpha value is -0.860. The molecule has 2 nitrogen and oxygen atoms in total. The van der Waals surface area contributed by atoms with Crippen LogP contribution in [0.3, 0.4) is 0 Å². The third-order valence-electron chi connectivity index (χ3n) is 4.25. The molecule has 1 aliphatic rings. The van der Waals surface area contributed by atoms with Crippen LogP contribution in [-0.2, 0) is 17.8 Å². The largest absolute Gasteiger partial charge is 0.373 e. The molecule has 1 aromatic rings. The van der Waals surface area contributed by atoms with Crippen LogP contribution in [0.2, 0.25) is 0 Å². The molecular weight excluding hydrogens is 234 g/mol. The van der Waals surface area contributed by atoms with Gasteiger partial charge >= 0.3 is 0 Å². The standard InChI is InChI=1S/C17H27NO/c1-14-7-3-6-10-17(14)19-13-16-9-5-4-8-15(16)11-12-18-2/h4-5,8-9,14,17-18H,3,6-7,10-13H2,1-2H3. The van der Waals surface area contributed by atoms with Crippen LogP contribution in [0, 0.1) is 5.92 Å². The number of hydrogen-bond acceptors (Lipinski definition) is 2. The molecule has 0 amide bonds. The fourth-order valence-electron chi connectivity index (χ4n) is 2.93. The van der Waals surface area contributed by atoms with E-state index in [1.54, 1.807) is 0 Å². The van der Waals surface area contributed by atoms with Gasteiger partial charge in [0, 0.05) is 0 Å². The zero-order valence-electron chi connectivity index (χ0n) is 12.3. The molecule has 0 radical (unpaired) electrons. The quantitative estimate of drug-likeness (QED) is 0.845. The van der Waals surface area contributed by atoms with Crippen molar-refractivity contribution in [3.8, 4) is 0 Å². The van der Waals surface area contributed by atoms with Gasteiger partial charge in [-0.25, -0.2) is 0 Å². The lowest BCUT2D eigenvalue weighted by molar-refractivity contribution is -0.0157. The smallest absolute Gasteiger partial charge is 0.0723 e. The molecule has 1 fully saturated rings. The summed E-state index contributed by atoms with van der Waals surface area (Å²) in [6.07, 6.45) is 6.81. The molecule has 1 N–H and O–H groups in total. The van der Waals surface area contributed by atoms with Gasteiger partial charge in [-0.3, -0.25) is 0 Å². The van der Waals surface area contributed by atoms with E-state index in [0.717, 1.165) is 25.5 Å². The molecule has 19 heavy (non-hydrogen) atoms. The first-order valence-corrected chi connectivity index (χ1v) is 7.64. The first-order chi connectivity index (χ1) is 9.31. The van der Waals surface area contributed by atoms with Gasteiger partial charge in [0.15, 0.2) is 0 Å². The van der Waals surface area contributed by atoms with Crippen LogP contribution in [0.25, 0.3) is 0 Å². The van der Waals surface area contributed by atoms with E-state index in [2.05, 4.69) is 36.5 Å². The van der Waals surface area contributed by atoms with Crippen molar-refractivity contribution in [3.63, 3.8) is 0 Å². The third-order valence-corrected chi connectivity index (χ3v) is 4.25. The van der Waals surface area contributed by atoms with E-state index in [1.807, 2.05) is 7.05 Å². The summed E-state index contributed by atoms with van der Waals surface area (Å²) in [5.41, 5.74) is 2.77. The van der Waals surface area contributed by atoms with E-state index in [9.17, 15) is 0 Å². The highest BCUT2D eigenvalue weighted by molar-refractivity contribution is 5.26. The van der Waals surface area contributed by atoms with Gasteiger partial charge in [-0.2, -0.15) is 0 Å². The third kappa shape index (κ3) is 4.32. The number of nitrogens with one attached hydrogen (secondary N) is 1. The minimum atomic E-state index is 0.464. The summed E-state index contributed by atoms with van der Waals surface area (Å²) in [4.78, 5) is 0. The van der Waals surface area contributed by atoms with Gasteiger partial charge in [0.1, 0.15) is 0 Å². The Morgan fingerprint density at radius 2 is 1.89 bits per heavy atom. The molecule has 2 heteroatoms.